The average Bonchev–Trinajstić information content (AvgIpc) is 3.49. The third-order valence-corrected chi connectivity index (χ3v) is 5.33. The number of hydrogen-bond donors (Lipinski definition) is 1. The minimum absolute atomic E-state index is 0.173. The van der Waals surface area contributed by atoms with Gasteiger partial charge in [-0.3, -0.25) is 9.59 Å². The summed E-state index contributed by atoms with van der Waals surface area (Å²) >= 11 is 0. The van der Waals surface area contributed by atoms with E-state index in [2.05, 4.69) is 5.32 Å². The highest BCUT2D eigenvalue weighted by molar-refractivity contribution is 5.79. The summed E-state index contributed by atoms with van der Waals surface area (Å²) in [5.74, 6) is -1.79. The van der Waals surface area contributed by atoms with Crippen molar-refractivity contribution in [1.82, 2.24) is 10.2 Å². The zero-order valence-electron chi connectivity index (χ0n) is 16.7. The maximum absolute atomic E-state index is 14.3. The van der Waals surface area contributed by atoms with E-state index in [0.717, 1.165) is 30.5 Å². The first kappa shape index (κ1) is 21.0. The third kappa shape index (κ3) is 5.40. The van der Waals surface area contributed by atoms with Crippen LogP contribution in [0, 0.1) is 17.6 Å². The topological polar surface area (TPSA) is 49.4 Å². The molecule has 0 heterocycles. The number of rotatable bonds is 8. The minimum Gasteiger partial charge on any atom is -0.349 e. The predicted molar refractivity (Wildman–Crippen MR) is 107 cm³/mol. The van der Waals surface area contributed by atoms with Crippen LogP contribution < -0.4 is 5.32 Å². The van der Waals surface area contributed by atoms with Gasteiger partial charge in [-0.25, -0.2) is 8.78 Å². The van der Waals surface area contributed by atoms with Crippen LogP contribution >= 0.6 is 0 Å². The van der Waals surface area contributed by atoms with Crippen molar-refractivity contribution in [3.8, 4) is 0 Å². The van der Waals surface area contributed by atoms with Crippen molar-refractivity contribution in [2.75, 3.05) is 6.54 Å². The van der Waals surface area contributed by atoms with Gasteiger partial charge in [0.2, 0.25) is 11.8 Å². The summed E-state index contributed by atoms with van der Waals surface area (Å²) in [7, 11) is 0. The Morgan fingerprint density at radius 3 is 2.24 bits per heavy atom. The van der Waals surface area contributed by atoms with Gasteiger partial charge in [0.15, 0.2) is 0 Å². The Morgan fingerprint density at radius 2 is 1.69 bits per heavy atom. The Kier molecular flexibility index (Phi) is 6.62. The van der Waals surface area contributed by atoms with Crippen LogP contribution in [0.4, 0.5) is 8.78 Å². The second-order valence-corrected chi connectivity index (χ2v) is 7.67. The summed E-state index contributed by atoms with van der Waals surface area (Å²) in [6.07, 6.45) is 1.94. The van der Waals surface area contributed by atoms with Crippen LogP contribution in [0.1, 0.15) is 56.3 Å². The summed E-state index contributed by atoms with van der Waals surface area (Å²) in [6.45, 7) is 3.82. The second-order valence-electron chi connectivity index (χ2n) is 7.67. The van der Waals surface area contributed by atoms with E-state index < -0.39 is 23.6 Å². The van der Waals surface area contributed by atoms with Crippen LogP contribution in [0.25, 0.3) is 0 Å². The lowest BCUT2D eigenvalue weighted by atomic mass is 9.99. The molecule has 2 aromatic carbocycles. The normalized spacial score (nSPS) is 15.4. The highest BCUT2D eigenvalue weighted by Crippen LogP contribution is 2.34. The number of amides is 2. The molecule has 0 saturated heterocycles. The molecule has 0 aromatic heterocycles. The molecule has 3 rings (SSSR count). The highest BCUT2D eigenvalue weighted by atomic mass is 19.1. The quantitative estimate of drug-likeness (QED) is 0.708. The van der Waals surface area contributed by atoms with Crippen molar-refractivity contribution in [3.63, 3.8) is 0 Å². The molecule has 29 heavy (non-hydrogen) atoms. The van der Waals surface area contributed by atoms with E-state index in [1.165, 1.54) is 13.0 Å². The van der Waals surface area contributed by atoms with E-state index in [0.29, 0.717) is 12.5 Å². The maximum atomic E-state index is 14.3. The fourth-order valence-electron chi connectivity index (χ4n) is 3.57. The summed E-state index contributed by atoms with van der Waals surface area (Å²) in [5, 5.41) is 2.54. The Balaban J connectivity index is 1.86. The number of hydrogen-bond acceptors (Lipinski definition) is 2. The number of nitrogens with one attached hydrogen (secondary N) is 1. The van der Waals surface area contributed by atoms with Gasteiger partial charge < -0.3 is 10.2 Å². The van der Waals surface area contributed by atoms with Gasteiger partial charge in [-0.2, -0.15) is 0 Å². The van der Waals surface area contributed by atoms with E-state index in [1.54, 1.807) is 4.90 Å². The lowest BCUT2D eigenvalue weighted by Crippen LogP contribution is -2.39. The lowest BCUT2D eigenvalue weighted by molar-refractivity contribution is -0.134. The minimum atomic E-state index is -1.06. The molecule has 2 unspecified atom stereocenters. The summed E-state index contributed by atoms with van der Waals surface area (Å²) in [4.78, 5) is 26.7. The molecule has 1 saturated carbocycles. The summed E-state index contributed by atoms with van der Waals surface area (Å²) in [6, 6.07) is 12.0. The van der Waals surface area contributed by atoms with Crippen LogP contribution in [-0.2, 0) is 9.59 Å². The van der Waals surface area contributed by atoms with Gasteiger partial charge in [-0.1, -0.05) is 36.4 Å². The molecule has 6 heteroatoms. The van der Waals surface area contributed by atoms with Gasteiger partial charge in [0.05, 0.1) is 18.5 Å². The van der Waals surface area contributed by atoms with Gasteiger partial charge in [0.25, 0.3) is 0 Å². The van der Waals surface area contributed by atoms with Gasteiger partial charge in [-0.15, -0.1) is 0 Å². The Morgan fingerprint density at radius 1 is 1.07 bits per heavy atom. The van der Waals surface area contributed by atoms with E-state index >= 15 is 0 Å². The third-order valence-electron chi connectivity index (χ3n) is 5.33. The molecule has 1 aliphatic rings. The average molecular weight is 400 g/mol. The number of carbonyl (C=O) groups is 2. The first-order valence-electron chi connectivity index (χ1n) is 9.92. The van der Waals surface area contributed by atoms with E-state index in [4.69, 9.17) is 0 Å². The molecule has 0 bridgehead atoms. The van der Waals surface area contributed by atoms with Gasteiger partial charge in [0, 0.05) is 19.0 Å². The Bertz CT molecular complexity index is 848. The molecule has 2 atom stereocenters. The summed E-state index contributed by atoms with van der Waals surface area (Å²) < 4.78 is 28.7. The lowest BCUT2D eigenvalue weighted by Gasteiger charge is -2.31. The number of halogens is 2. The molecule has 2 amide bonds. The Labute approximate surface area is 169 Å². The highest BCUT2D eigenvalue weighted by Gasteiger charge is 2.32. The zero-order valence-corrected chi connectivity index (χ0v) is 16.7. The smallest absolute Gasteiger partial charge is 0.225 e. The molecule has 2 aromatic rings. The van der Waals surface area contributed by atoms with Crippen molar-refractivity contribution in [3.05, 3.63) is 71.3 Å². The molecule has 0 spiro atoms. The predicted octanol–water partition coefficient (Wildman–Crippen LogP) is 4.53. The summed E-state index contributed by atoms with van der Waals surface area (Å²) in [5.41, 5.74) is 0.712. The molecule has 0 radical (unpaired) electrons. The Hall–Kier alpha value is -2.76. The van der Waals surface area contributed by atoms with Crippen molar-refractivity contribution in [1.29, 1.82) is 0 Å². The molecule has 154 valence electrons. The van der Waals surface area contributed by atoms with E-state index in [-0.39, 0.29) is 23.9 Å². The van der Waals surface area contributed by atoms with Gasteiger partial charge >= 0.3 is 0 Å². The van der Waals surface area contributed by atoms with Crippen LogP contribution in [0.3, 0.4) is 0 Å². The fourth-order valence-corrected chi connectivity index (χ4v) is 3.57. The molecule has 1 fully saturated rings. The number of carbonyl (C=O) groups excluding carboxylic acids is 2. The first-order valence-corrected chi connectivity index (χ1v) is 9.92. The standard InChI is InChI=1S/C23H26F2N2O2/c1-15(18-7-4-3-5-8-18)27(14-17-11-12-17)22(29)13-21(26-16(2)28)23-19(24)9-6-10-20(23)25/h3-10,15,17,21H,11-14H2,1-2H3,(H,26,28). The van der Waals surface area contributed by atoms with Crippen molar-refractivity contribution in [2.24, 2.45) is 5.92 Å². The van der Waals surface area contributed by atoms with Crippen molar-refractivity contribution in [2.45, 2.75) is 45.2 Å². The van der Waals surface area contributed by atoms with Crippen LogP contribution in [0.5, 0.6) is 0 Å². The molecule has 1 N–H and O–H groups in total. The van der Waals surface area contributed by atoms with Gasteiger partial charge in [-0.05, 0) is 43.4 Å². The fraction of sp³-hybridized carbons (Fsp3) is 0.391. The van der Waals surface area contributed by atoms with Crippen LogP contribution in [0.15, 0.2) is 48.5 Å². The molecule has 4 nitrogen and oxygen atoms in total. The van der Waals surface area contributed by atoms with Crippen molar-refractivity contribution < 1.29 is 18.4 Å². The largest absolute Gasteiger partial charge is 0.349 e. The maximum Gasteiger partial charge on any atom is 0.225 e. The van der Waals surface area contributed by atoms with E-state index in [1.807, 2.05) is 37.3 Å². The van der Waals surface area contributed by atoms with Crippen LogP contribution in [0.2, 0.25) is 0 Å². The van der Waals surface area contributed by atoms with E-state index in [9.17, 15) is 18.4 Å². The number of nitrogens with zero attached hydrogens (tertiary/aromatic N) is 1. The SMILES string of the molecule is CC(=O)NC(CC(=O)N(CC1CC1)C(C)c1ccccc1)c1c(F)cccc1F. The molecular formula is C23H26F2N2O2. The molecule has 1 aliphatic carbocycles. The van der Waals surface area contributed by atoms with Crippen LogP contribution in [-0.4, -0.2) is 23.3 Å². The molecular weight excluding hydrogens is 374 g/mol. The zero-order chi connectivity index (χ0) is 21.0. The first-order chi connectivity index (χ1) is 13.9. The second kappa shape index (κ2) is 9.16. The number of benzene rings is 2. The van der Waals surface area contributed by atoms with Crippen molar-refractivity contribution >= 4 is 11.8 Å². The van der Waals surface area contributed by atoms with Gasteiger partial charge in [0.1, 0.15) is 11.6 Å². The molecule has 0 aliphatic heterocycles. The monoisotopic (exact) mass is 400 g/mol.